The van der Waals surface area contributed by atoms with E-state index in [-0.39, 0.29) is 17.1 Å². The van der Waals surface area contributed by atoms with Crippen molar-refractivity contribution in [2.75, 3.05) is 17.6 Å². The molecule has 0 aliphatic rings. The number of hydrogen-bond acceptors (Lipinski definition) is 5. The van der Waals surface area contributed by atoms with Crippen molar-refractivity contribution in [1.29, 1.82) is 0 Å². The Morgan fingerprint density at radius 2 is 2.00 bits per heavy atom. The van der Waals surface area contributed by atoms with Gasteiger partial charge in [-0.15, -0.1) is 0 Å². The van der Waals surface area contributed by atoms with E-state index in [1.165, 1.54) is 6.07 Å². The summed E-state index contributed by atoms with van der Waals surface area (Å²) in [5.41, 5.74) is 5.40. The van der Waals surface area contributed by atoms with Crippen molar-refractivity contribution in [1.82, 2.24) is 0 Å². The van der Waals surface area contributed by atoms with Gasteiger partial charge in [-0.3, -0.25) is 0 Å². The van der Waals surface area contributed by atoms with Crippen molar-refractivity contribution in [3.05, 3.63) is 18.2 Å². The van der Waals surface area contributed by atoms with E-state index >= 15 is 0 Å². The Morgan fingerprint density at radius 1 is 1.40 bits per heavy atom. The van der Waals surface area contributed by atoms with Crippen LogP contribution in [0.4, 0.5) is 11.4 Å². The molecule has 0 aliphatic carbocycles. The molecule has 7 heteroatoms. The number of benzene rings is 1. The van der Waals surface area contributed by atoms with Crippen LogP contribution in [0.2, 0.25) is 0 Å². The zero-order chi connectivity index (χ0) is 15.6. The van der Waals surface area contributed by atoms with Crippen LogP contribution < -0.4 is 16.2 Å². The zero-order valence-electron chi connectivity index (χ0n) is 12.1. The fraction of sp³-hybridized carbons (Fsp3) is 0.538. The van der Waals surface area contributed by atoms with E-state index in [4.69, 9.17) is 10.9 Å². The number of rotatable bonds is 6. The number of nitrogens with two attached hydrogens (primary N) is 2. The minimum absolute atomic E-state index is 0.0651. The average Bonchev–Trinajstić information content (AvgIpc) is 2.24. The predicted molar refractivity (Wildman–Crippen MR) is 80.8 cm³/mol. The number of primary sulfonamides is 1. The molecule has 0 radical (unpaired) electrons. The topological polar surface area (TPSA) is 118 Å². The Hall–Kier alpha value is -1.31. The van der Waals surface area contributed by atoms with Gasteiger partial charge in [0.1, 0.15) is 4.90 Å². The lowest BCUT2D eigenvalue weighted by molar-refractivity contribution is 0.0516. The molecule has 1 unspecified atom stereocenters. The van der Waals surface area contributed by atoms with Gasteiger partial charge in [0.25, 0.3) is 0 Å². The maximum absolute atomic E-state index is 11.4. The van der Waals surface area contributed by atoms with Crippen LogP contribution in [0.1, 0.15) is 27.2 Å². The molecule has 6 N–H and O–H groups in total. The molecule has 0 spiro atoms. The van der Waals surface area contributed by atoms with Gasteiger partial charge < -0.3 is 16.2 Å². The number of aliphatic hydroxyl groups is 1. The molecule has 1 aromatic carbocycles. The highest BCUT2D eigenvalue weighted by Gasteiger charge is 2.22. The van der Waals surface area contributed by atoms with Gasteiger partial charge >= 0.3 is 0 Å². The third-order valence-electron chi connectivity index (χ3n) is 2.88. The van der Waals surface area contributed by atoms with E-state index in [1.807, 2.05) is 13.8 Å². The van der Waals surface area contributed by atoms with Gasteiger partial charge in [-0.05, 0) is 31.4 Å². The van der Waals surface area contributed by atoms with E-state index in [1.54, 1.807) is 19.1 Å². The number of nitrogen functional groups attached to an aromatic ring is 1. The van der Waals surface area contributed by atoms with Gasteiger partial charge in [0, 0.05) is 6.54 Å². The third-order valence-corrected chi connectivity index (χ3v) is 3.85. The lowest BCUT2D eigenvalue weighted by atomic mass is 9.94. The molecule has 0 saturated heterocycles. The largest absolute Gasteiger partial charge is 0.396 e. The van der Waals surface area contributed by atoms with E-state index < -0.39 is 15.6 Å². The quantitative estimate of drug-likeness (QED) is 0.587. The highest BCUT2D eigenvalue weighted by Crippen LogP contribution is 2.26. The van der Waals surface area contributed by atoms with Crippen LogP contribution in [-0.2, 0) is 10.0 Å². The van der Waals surface area contributed by atoms with Crippen molar-refractivity contribution in [3.63, 3.8) is 0 Å². The lowest BCUT2D eigenvalue weighted by Crippen LogP contribution is -2.35. The van der Waals surface area contributed by atoms with Crippen molar-refractivity contribution in [2.24, 2.45) is 11.1 Å². The predicted octanol–water partition coefficient (Wildman–Crippen LogP) is 1.13. The van der Waals surface area contributed by atoms with Crippen molar-refractivity contribution in [3.8, 4) is 0 Å². The van der Waals surface area contributed by atoms with Crippen LogP contribution in [0, 0.1) is 5.92 Å². The molecule has 0 amide bonds. The first-order valence-corrected chi connectivity index (χ1v) is 7.95. The SMILES string of the molecule is CC(C)CC(C)(O)CNc1cccc(S(N)(=O)=O)c1N. The Morgan fingerprint density at radius 3 is 2.50 bits per heavy atom. The van der Waals surface area contributed by atoms with Crippen molar-refractivity contribution >= 4 is 21.4 Å². The summed E-state index contributed by atoms with van der Waals surface area (Å²) in [7, 11) is -3.86. The Balaban J connectivity index is 2.90. The molecule has 20 heavy (non-hydrogen) atoms. The normalized spacial score (nSPS) is 15.1. The Bertz CT molecular complexity index is 568. The summed E-state index contributed by atoms with van der Waals surface area (Å²) in [6.07, 6.45) is 0.620. The molecule has 0 aromatic heterocycles. The van der Waals surface area contributed by atoms with Crippen LogP contribution in [0.25, 0.3) is 0 Å². The minimum Gasteiger partial charge on any atom is -0.396 e. The van der Waals surface area contributed by atoms with Crippen molar-refractivity contribution < 1.29 is 13.5 Å². The van der Waals surface area contributed by atoms with Crippen LogP contribution >= 0.6 is 0 Å². The minimum atomic E-state index is -3.86. The van der Waals surface area contributed by atoms with Gasteiger partial charge in [0.2, 0.25) is 10.0 Å². The monoisotopic (exact) mass is 301 g/mol. The molecule has 0 saturated carbocycles. The van der Waals surface area contributed by atoms with Gasteiger partial charge in [0.15, 0.2) is 0 Å². The summed E-state index contributed by atoms with van der Waals surface area (Å²) in [6.45, 7) is 6.03. The van der Waals surface area contributed by atoms with Crippen LogP contribution in [0.3, 0.4) is 0 Å². The van der Waals surface area contributed by atoms with Crippen LogP contribution in [0.15, 0.2) is 23.1 Å². The number of nitrogens with one attached hydrogen (secondary N) is 1. The standard InChI is InChI=1S/C13H23N3O3S/c1-9(2)7-13(3,17)8-16-10-5-4-6-11(12(10)14)20(15,18)19/h4-6,9,16-17H,7-8,14H2,1-3H3,(H2,15,18,19). The van der Waals surface area contributed by atoms with E-state index in [2.05, 4.69) is 5.32 Å². The number of para-hydroxylation sites is 1. The van der Waals surface area contributed by atoms with Crippen LogP contribution in [0.5, 0.6) is 0 Å². The average molecular weight is 301 g/mol. The molecular formula is C13H23N3O3S. The maximum atomic E-state index is 11.4. The zero-order valence-corrected chi connectivity index (χ0v) is 12.9. The summed E-state index contributed by atoms with van der Waals surface area (Å²) in [5, 5.41) is 18.3. The second-order valence-corrected chi connectivity index (χ2v) is 7.24. The number of anilines is 2. The molecular weight excluding hydrogens is 278 g/mol. The third kappa shape index (κ3) is 4.66. The second kappa shape index (κ2) is 5.99. The van der Waals surface area contributed by atoms with E-state index in [9.17, 15) is 13.5 Å². The molecule has 114 valence electrons. The molecule has 1 rings (SSSR count). The summed E-state index contributed by atoms with van der Waals surface area (Å²) < 4.78 is 22.7. The van der Waals surface area contributed by atoms with Gasteiger partial charge in [-0.2, -0.15) is 0 Å². The molecule has 0 fully saturated rings. The molecule has 1 atom stereocenters. The summed E-state index contributed by atoms with van der Waals surface area (Å²) in [5.74, 6) is 0.347. The summed E-state index contributed by atoms with van der Waals surface area (Å²) in [4.78, 5) is -0.119. The molecule has 0 heterocycles. The summed E-state index contributed by atoms with van der Waals surface area (Å²) >= 11 is 0. The first kappa shape index (κ1) is 16.7. The Kier molecular flexibility index (Phi) is 5.01. The highest BCUT2D eigenvalue weighted by atomic mass is 32.2. The van der Waals surface area contributed by atoms with E-state index in [0.717, 1.165) is 0 Å². The van der Waals surface area contributed by atoms with E-state index in [0.29, 0.717) is 18.0 Å². The van der Waals surface area contributed by atoms with Gasteiger partial charge in [0.05, 0.1) is 17.0 Å². The number of hydrogen-bond donors (Lipinski definition) is 4. The Labute approximate surface area is 120 Å². The lowest BCUT2D eigenvalue weighted by Gasteiger charge is -2.26. The smallest absolute Gasteiger partial charge is 0.240 e. The first-order chi connectivity index (χ1) is 9.03. The fourth-order valence-electron chi connectivity index (χ4n) is 2.18. The van der Waals surface area contributed by atoms with Gasteiger partial charge in [-0.1, -0.05) is 19.9 Å². The maximum Gasteiger partial charge on any atom is 0.240 e. The molecule has 1 aromatic rings. The molecule has 0 aliphatic heterocycles. The van der Waals surface area contributed by atoms with Crippen molar-refractivity contribution in [2.45, 2.75) is 37.7 Å². The highest BCUT2D eigenvalue weighted by molar-refractivity contribution is 7.89. The van der Waals surface area contributed by atoms with Crippen LogP contribution in [-0.4, -0.2) is 25.7 Å². The summed E-state index contributed by atoms with van der Waals surface area (Å²) in [6, 6.07) is 4.55. The van der Waals surface area contributed by atoms with Gasteiger partial charge in [-0.25, -0.2) is 13.6 Å². The fourth-order valence-corrected chi connectivity index (χ4v) is 2.87. The first-order valence-electron chi connectivity index (χ1n) is 6.40. The number of sulfonamides is 1. The molecule has 0 bridgehead atoms. The molecule has 6 nitrogen and oxygen atoms in total. The second-order valence-electron chi connectivity index (χ2n) is 5.71.